The summed E-state index contributed by atoms with van der Waals surface area (Å²) in [5.41, 5.74) is 0. The van der Waals surface area contributed by atoms with Crippen LogP contribution in [0.1, 0.15) is 39.5 Å². The zero-order chi connectivity index (χ0) is 14.5. The average molecular weight is 278 g/mol. The van der Waals surface area contributed by atoms with E-state index < -0.39 is 12.3 Å². The van der Waals surface area contributed by atoms with Crippen molar-refractivity contribution in [2.75, 3.05) is 19.8 Å². The fourth-order valence-electron chi connectivity index (χ4n) is 1.43. The molecule has 19 heavy (non-hydrogen) atoms. The van der Waals surface area contributed by atoms with Crippen molar-refractivity contribution in [3.63, 3.8) is 0 Å². The van der Waals surface area contributed by atoms with Crippen molar-refractivity contribution in [1.82, 2.24) is 0 Å². The van der Waals surface area contributed by atoms with Gasteiger partial charge >= 0.3 is 12.3 Å². The van der Waals surface area contributed by atoms with Crippen LogP contribution in [0.4, 0.5) is 9.59 Å². The SMILES string of the molecule is CCOC(CCCCCOC(=O)OC(=O)O)OCC. The van der Waals surface area contributed by atoms with Gasteiger partial charge in [0.15, 0.2) is 6.29 Å². The molecule has 0 atom stereocenters. The third kappa shape index (κ3) is 11.5. The number of carbonyl (C=O) groups is 2. The van der Waals surface area contributed by atoms with Crippen LogP contribution in [0.15, 0.2) is 0 Å². The quantitative estimate of drug-likeness (QED) is 0.284. The number of hydrogen-bond donors (Lipinski definition) is 1. The highest BCUT2D eigenvalue weighted by molar-refractivity contribution is 5.75. The maximum absolute atomic E-state index is 10.7. The molecule has 112 valence electrons. The summed E-state index contributed by atoms with van der Waals surface area (Å²) in [6, 6.07) is 0. The molecule has 0 aliphatic carbocycles. The van der Waals surface area contributed by atoms with Gasteiger partial charge in [0.2, 0.25) is 0 Å². The summed E-state index contributed by atoms with van der Waals surface area (Å²) < 4.78 is 19.1. The second-order valence-electron chi connectivity index (χ2n) is 3.66. The molecule has 0 aliphatic heterocycles. The molecule has 0 amide bonds. The van der Waals surface area contributed by atoms with Crippen LogP contribution in [-0.4, -0.2) is 43.5 Å². The number of carbonyl (C=O) groups excluding carboxylic acids is 1. The predicted molar refractivity (Wildman–Crippen MR) is 66.0 cm³/mol. The lowest BCUT2D eigenvalue weighted by atomic mass is 10.2. The first-order chi connectivity index (χ1) is 9.10. The van der Waals surface area contributed by atoms with Crippen LogP contribution in [0.25, 0.3) is 0 Å². The Bertz CT molecular complexity index is 248. The van der Waals surface area contributed by atoms with Gasteiger partial charge in [-0.1, -0.05) is 0 Å². The molecule has 0 aliphatic rings. The molecule has 0 unspecified atom stereocenters. The summed E-state index contributed by atoms with van der Waals surface area (Å²) in [6.45, 7) is 5.17. The molecule has 0 aromatic carbocycles. The molecule has 0 aromatic rings. The maximum Gasteiger partial charge on any atom is 0.518 e. The Morgan fingerprint density at radius 2 is 1.68 bits per heavy atom. The molecule has 0 saturated heterocycles. The van der Waals surface area contributed by atoms with Gasteiger partial charge in [-0.15, -0.1) is 0 Å². The van der Waals surface area contributed by atoms with Crippen molar-refractivity contribution in [1.29, 1.82) is 0 Å². The van der Waals surface area contributed by atoms with Gasteiger partial charge in [0.05, 0.1) is 6.61 Å². The van der Waals surface area contributed by atoms with E-state index in [2.05, 4.69) is 9.47 Å². The number of unbranched alkanes of at least 4 members (excludes halogenated alkanes) is 2. The van der Waals surface area contributed by atoms with Crippen molar-refractivity contribution < 1.29 is 33.6 Å². The Balaban J connectivity index is 3.47. The number of ether oxygens (including phenoxy) is 4. The highest BCUT2D eigenvalue weighted by atomic mass is 16.8. The summed E-state index contributed by atoms with van der Waals surface area (Å²) in [5, 5.41) is 8.14. The fraction of sp³-hybridized carbons (Fsp3) is 0.833. The van der Waals surface area contributed by atoms with E-state index in [1.807, 2.05) is 13.8 Å². The van der Waals surface area contributed by atoms with Crippen LogP contribution in [-0.2, 0) is 18.9 Å². The van der Waals surface area contributed by atoms with Crippen LogP contribution >= 0.6 is 0 Å². The second kappa shape index (κ2) is 11.7. The first-order valence-corrected chi connectivity index (χ1v) is 6.40. The maximum atomic E-state index is 10.7. The Hall–Kier alpha value is -1.34. The van der Waals surface area contributed by atoms with Crippen molar-refractivity contribution in [2.24, 2.45) is 0 Å². The van der Waals surface area contributed by atoms with E-state index in [4.69, 9.17) is 14.6 Å². The molecule has 0 bridgehead atoms. The lowest BCUT2D eigenvalue weighted by Crippen LogP contribution is -2.17. The lowest BCUT2D eigenvalue weighted by Gasteiger charge is -2.16. The molecule has 0 aromatic heterocycles. The Labute approximate surface area is 112 Å². The molecule has 0 heterocycles. The topological polar surface area (TPSA) is 91.3 Å². The molecule has 0 radical (unpaired) electrons. The first kappa shape index (κ1) is 17.7. The fourth-order valence-corrected chi connectivity index (χ4v) is 1.43. The lowest BCUT2D eigenvalue weighted by molar-refractivity contribution is -0.140. The highest BCUT2D eigenvalue weighted by Crippen LogP contribution is 2.08. The highest BCUT2D eigenvalue weighted by Gasteiger charge is 2.09. The molecule has 7 nitrogen and oxygen atoms in total. The average Bonchev–Trinajstić information content (AvgIpc) is 2.33. The normalized spacial score (nSPS) is 10.5. The summed E-state index contributed by atoms with van der Waals surface area (Å²) >= 11 is 0. The van der Waals surface area contributed by atoms with Gasteiger partial charge in [0, 0.05) is 13.2 Å². The van der Waals surface area contributed by atoms with Crippen LogP contribution in [0, 0.1) is 0 Å². The molecule has 0 spiro atoms. The van der Waals surface area contributed by atoms with Crippen molar-refractivity contribution in [3.05, 3.63) is 0 Å². The van der Waals surface area contributed by atoms with Gasteiger partial charge in [-0.05, 0) is 39.5 Å². The third-order valence-corrected chi connectivity index (χ3v) is 2.18. The van der Waals surface area contributed by atoms with E-state index in [-0.39, 0.29) is 12.9 Å². The number of rotatable bonds is 10. The molecule has 0 rings (SSSR count). The minimum Gasteiger partial charge on any atom is -0.449 e. The monoisotopic (exact) mass is 278 g/mol. The summed E-state index contributed by atoms with van der Waals surface area (Å²) in [6.07, 6.45) is 0.0862. The van der Waals surface area contributed by atoms with Crippen molar-refractivity contribution in [2.45, 2.75) is 45.8 Å². The zero-order valence-corrected chi connectivity index (χ0v) is 11.4. The molecule has 0 fully saturated rings. The van der Waals surface area contributed by atoms with Gasteiger partial charge in [-0.25, -0.2) is 9.59 Å². The molecule has 0 saturated carbocycles. The summed E-state index contributed by atoms with van der Waals surface area (Å²) in [4.78, 5) is 20.7. The Morgan fingerprint density at radius 3 is 2.21 bits per heavy atom. The van der Waals surface area contributed by atoms with Crippen LogP contribution in [0.2, 0.25) is 0 Å². The standard InChI is InChI=1S/C12H22O7/c1-3-16-10(17-4-2)8-6-5-7-9-18-12(15)19-11(13)14/h10H,3-9H2,1-2H3,(H,13,14). The van der Waals surface area contributed by atoms with Crippen molar-refractivity contribution >= 4 is 12.3 Å². The van der Waals surface area contributed by atoms with Gasteiger partial charge in [-0.2, -0.15) is 0 Å². The first-order valence-electron chi connectivity index (χ1n) is 6.40. The number of carboxylic acid groups (broad SMARTS) is 1. The smallest absolute Gasteiger partial charge is 0.449 e. The molecular weight excluding hydrogens is 256 g/mol. The molecule has 1 N–H and O–H groups in total. The Kier molecular flexibility index (Phi) is 10.9. The van der Waals surface area contributed by atoms with Gasteiger partial charge in [-0.3, -0.25) is 0 Å². The van der Waals surface area contributed by atoms with Crippen LogP contribution in [0.3, 0.4) is 0 Å². The van der Waals surface area contributed by atoms with Gasteiger partial charge in [0.1, 0.15) is 0 Å². The summed E-state index contributed by atoms with van der Waals surface area (Å²) in [5.74, 6) is 0. The molecule has 7 heteroatoms. The second-order valence-corrected chi connectivity index (χ2v) is 3.66. The zero-order valence-electron chi connectivity index (χ0n) is 11.4. The van der Waals surface area contributed by atoms with E-state index in [9.17, 15) is 9.59 Å². The molecular formula is C12H22O7. The minimum atomic E-state index is -1.67. The van der Waals surface area contributed by atoms with E-state index in [1.54, 1.807) is 0 Å². The van der Waals surface area contributed by atoms with Crippen LogP contribution in [0.5, 0.6) is 0 Å². The van der Waals surface area contributed by atoms with E-state index in [0.717, 1.165) is 19.3 Å². The predicted octanol–water partition coefficient (Wildman–Crippen LogP) is 2.78. The van der Waals surface area contributed by atoms with E-state index in [0.29, 0.717) is 19.6 Å². The van der Waals surface area contributed by atoms with Crippen molar-refractivity contribution in [3.8, 4) is 0 Å². The van der Waals surface area contributed by atoms with E-state index >= 15 is 0 Å². The minimum absolute atomic E-state index is 0.139. The van der Waals surface area contributed by atoms with E-state index in [1.165, 1.54) is 0 Å². The largest absolute Gasteiger partial charge is 0.518 e. The van der Waals surface area contributed by atoms with Gasteiger partial charge < -0.3 is 24.1 Å². The summed E-state index contributed by atoms with van der Waals surface area (Å²) in [7, 11) is 0. The Morgan fingerprint density at radius 1 is 1.05 bits per heavy atom. The number of hydrogen-bond acceptors (Lipinski definition) is 6. The van der Waals surface area contributed by atoms with Crippen LogP contribution < -0.4 is 0 Å². The van der Waals surface area contributed by atoms with Gasteiger partial charge in [0.25, 0.3) is 0 Å². The third-order valence-electron chi connectivity index (χ3n) is 2.18.